The molecule has 17 heavy (non-hydrogen) atoms. The zero-order chi connectivity index (χ0) is 11.5. The third-order valence-electron chi connectivity index (χ3n) is 4.00. The molecule has 0 aromatic carbocycles. The van der Waals surface area contributed by atoms with Gasteiger partial charge in [-0.15, -0.1) is 10.2 Å². The van der Waals surface area contributed by atoms with Gasteiger partial charge in [0.15, 0.2) is 5.82 Å². The van der Waals surface area contributed by atoms with Gasteiger partial charge in [-0.25, -0.2) is 0 Å². The van der Waals surface area contributed by atoms with Crippen LogP contribution in [-0.4, -0.2) is 33.3 Å². The van der Waals surface area contributed by atoms with Crippen molar-refractivity contribution in [3.8, 4) is 0 Å². The standard InChI is InChI=1S/C12H21N5/c1-2-4-11(5-3-1)17-15-12(14-16-17)8-10-6-7-13-9-10/h10-11,13H,1-9H2. The SMILES string of the molecule is C1CCC(n2nnc(CC3CCNC3)n2)CC1. The van der Waals surface area contributed by atoms with Crippen LogP contribution in [0.25, 0.3) is 0 Å². The summed E-state index contributed by atoms with van der Waals surface area (Å²) in [5.74, 6) is 1.64. The highest BCUT2D eigenvalue weighted by Crippen LogP contribution is 2.26. The molecule has 2 heterocycles. The Morgan fingerprint density at radius 3 is 2.82 bits per heavy atom. The fourth-order valence-corrected chi connectivity index (χ4v) is 2.95. The first kappa shape index (κ1) is 11.1. The minimum atomic E-state index is 0.506. The Balaban J connectivity index is 1.60. The lowest BCUT2D eigenvalue weighted by Crippen LogP contribution is -2.16. The topological polar surface area (TPSA) is 55.6 Å². The normalized spacial score (nSPS) is 26.5. The van der Waals surface area contributed by atoms with E-state index in [1.54, 1.807) is 0 Å². The molecule has 0 bridgehead atoms. The highest BCUT2D eigenvalue weighted by Gasteiger charge is 2.20. The van der Waals surface area contributed by atoms with E-state index in [2.05, 4.69) is 20.7 Å². The molecule has 1 unspecified atom stereocenters. The van der Waals surface area contributed by atoms with Crippen LogP contribution >= 0.6 is 0 Å². The van der Waals surface area contributed by atoms with Gasteiger partial charge in [-0.2, -0.15) is 4.80 Å². The number of rotatable bonds is 3. The predicted octanol–water partition coefficient (Wildman–Crippen LogP) is 1.33. The van der Waals surface area contributed by atoms with Crippen molar-refractivity contribution in [3.05, 3.63) is 5.82 Å². The van der Waals surface area contributed by atoms with E-state index in [0.717, 1.165) is 25.3 Å². The molecule has 1 aliphatic carbocycles. The van der Waals surface area contributed by atoms with Crippen molar-refractivity contribution in [2.45, 2.75) is 51.0 Å². The lowest BCUT2D eigenvalue weighted by molar-refractivity contribution is 0.296. The number of aromatic nitrogens is 4. The third kappa shape index (κ3) is 2.65. The van der Waals surface area contributed by atoms with E-state index in [9.17, 15) is 0 Å². The number of tetrazole rings is 1. The molecule has 0 spiro atoms. The highest BCUT2D eigenvalue weighted by molar-refractivity contribution is 4.85. The molecular weight excluding hydrogens is 214 g/mol. The van der Waals surface area contributed by atoms with Gasteiger partial charge < -0.3 is 5.32 Å². The number of hydrogen-bond donors (Lipinski definition) is 1. The maximum Gasteiger partial charge on any atom is 0.175 e. The number of hydrogen-bond acceptors (Lipinski definition) is 4. The van der Waals surface area contributed by atoms with E-state index in [0.29, 0.717) is 12.0 Å². The van der Waals surface area contributed by atoms with E-state index in [1.165, 1.54) is 38.5 Å². The van der Waals surface area contributed by atoms with Gasteiger partial charge in [0.05, 0.1) is 6.04 Å². The summed E-state index contributed by atoms with van der Waals surface area (Å²) in [5, 5.41) is 16.4. The van der Waals surface area contributed by atoms with E-state index < -0.39 is 0 Å². The summed E-state index contributed by atoms with van der Waals surface area (Å²) in [6, 6.07) is 0.506. The summed E-state index contributed by atoms with van der Waals surface area (Å²) in [4.78, 5) is 1.87. The van der Waals surface area contributed by atoms with Gasteiger partial charge in [-0.1, -0.05) is 19.3 Å². The molecule has 5 nitrogen and oxygen atoms in total. The lowest BCUT2D eigenvalue weighted by atomic mass is 9.96. The molecule has 2 fully saturated rings. The van der Waals surface area contributed by atoms with Gasteiger partial charge in [-0.3, -0.25) is 0 Å². The summed E-state index contributed by atoms with van der Waals surface area (Å²) in [7, 11) is 0. The summed E-state index contributed by atoms with van der Waals surface area (Å²) >= 11 is 0. The maximum atomic E-state index is 4.56. The van der Waals surface area contributed by atoms with Crippen LogP contribution in [0.1, 0.15) is 50.4 Å². The zero-order valence-electron chi connectivity index (χ0n) is 10.3. The van der Waals surface area contributed by atoms with E-state index >= 15 is 0 Å². The molecule has 1 atom stereocenters. The van der Waals surface area contributed by atoms with Crippen molar-refractivity contribution >= 4 is 0 Å². The van der Waals surface area contributed by atoms with E-state index in [4.69, 9.17) is 0 Å². The molecule has 1 saturated carbocycles. The van der Waals surface area contributed by atoms with Crippen molar-refractivity contribution in [3.63, 3.8) is 0 Å². The van der Waals surface area contributed by atoms with Gasteiger partial charge in [0.2, 0.25) is 0 Å². The lowest BCUT2D eigenvalue weighted by Gasteiger charge is -2.19. The molecule has 1 aliphatic heterocycles. The van der Waals surface area contributed by atoms with Crippen LogP contribution in [-0.2, 0) is 6.42 Å². The van der Waals surface area contributed by atoms with Crippen molar-refractivity contribution in [2.75, 3.05) is 13.1 Å². The molecule has 94 valence electrons. The Kier molecular flexibility index (Phi) is 3.36. The van der Waals surface area contributed by atoms with Gasteiger partial charge in [0, 0.05) is 6.42 Å². The summed E-state index contributed by atoms with van der Waals surface area (Å²) in [5.41, 5.74) is 0. The largest absolute Gasteiger partial charge is 0.316 e. The molecule has 1 aromatic rings. The monoisotopic (exact) mass is 235 g/mol. The maximum absolute atomic E-state index is 4.56. The van der Waals surface area contributed by atoms with Crippen LogP contribution in [0.3, 0.4) is 0 Å². The van der Waals surface area contributed by atoms with Crippen LogP contribution in [0.15, 0.2) is 0 Å². The van der Waals surface area contributed by atoms with E-state index in [-0.39, 0.29) is 0 Å². The number of nitrogens with zero attached hydrogens (tertiary/aromatic N) is 4. The first-order valence-corrected chi connectivity index (χ1v) is 6.91. The number of nitrogens with one attached hydrogen (secondary N) is 1. The zero-order valence-corrected chi connectivity index (χ0v) is 10.3. The van der Waals surface area contributed by atoms with Crippen LogP contribution in [0.5, 0.6) is 0 Å². The Labute approximate surface area is 102 Å². The van der Waals surface area contributed by atoms with E-state index in [1.807, 2.05) is 4.80 Å². The molecule has 3 rings (SSSR count). The third-order valence-corrected chi connectivity index (χ3v) is 4.00. The second-order valence-electron chi connectivity index (χ2n) is 5.38. The molecule has 5 heteroatoms. The van der Waals surface area contributed by atoms with Crippen molar-refractivity contribution in [1.82, 2.24) is 25.5 Å². The molecule has 0 amide bonds. The Morgan fingerprint density at radius 2 is 2.06 bits per heavy atom. The van der Waals surface area contributed by atoms with Crippen LogP contribution in [0, 0.1) is 5.92 Å². The molecule has 2 aliphatic rings. The first-order chi connectivity index (χ1) is 8.42. The highest BCUT2D eigenvalue weighted by atomic mass is 15.6. The Morgan fingerprint density at radius 1 is 1.18 bits per heavy atom. The molecule has 0 radical (unpaired) electrons. The summed E-state index contributed by atoms with van der Waals surface area (Å²) < 4.78 is 0. The van der Waals surface area contributed by atoms with Crippen LogP contribution in [0.2, 0.25) is 0 Å². The molecule has 1 aromatic heterocycles. The second kappa shape index (κ2) is 5.12. The average Bonchev–Trinajstić information content (AvgIpc) is 3.02. The fourth-order valence-electron chi connectivity index (χ4n) is 2.95. The van der Waals surface area contributed by atoms with Crippen LogP contribution < -0.4 is 5.32 Å². The van der Waals surface area contributed by atoms with Gasteiger partial charge in [0.25, 0.3) is 0 Å². The predicted molar refractivity (Wildman–Crippen MR) is 64.6 cm³/mol. The van der Waals surface area contributed by atoms with Gasteiger partial charge >= 0.3 is 0 Å². The molecule has 1 saturated heterocycles. The Bertz CT molecular complexity index is 350. The summed E-state index contributed by atoms with van der Waals surface area (Å²) in [6.07, 6.45) is 8.67. The minimum Gasteiger partial charge on any atom is -0.316 e. The quantitative estimate of drug-likeness (QED) is 0.858. The smallest absolute Gasteiger partial charge is 0.175 e. The van der Waals surface area contributed by atoms with Crippen molar-refractivity contribution in [2.24, 2.45) is 5.92 Å². The summed E-state index contributed by atoms with van der Waals surface area (Å²) in [6.45, 7) is 2.25. The van der Waals surface area contributed by atoms with Gasteiger partial charge in [0.1, 0.15) is 0 Å². The fraction of sp³-hybridized carbons (Fsp3) is 0.917. The second-order valence-corrected chi connectivity index (χ2v) is 5.38. The minimum absolute atomic E-state index is 0.506. The Hall–Kier alpha value is -0.970. The van der Waals surface area contributed by atoms with Crippen LogP contribution in [0.4, 0.5) is 0 Å². The van der Waals surface area contributed by atoms with Gasteiger partial charge in [-0.05, 0) is 43.5 Å². The molecular formula is C12H21N5. The first-order valence-electron chi connectivity index (χ1n) is 6.91. The van der Waals surface area contributed by atoms with Crippen molar-refractivity contribution in [1.29, 1.82) is 0 Å². The molecule has 1 N–H and O–H groups in total. The van der Waals surface area contributed by atoms with Crippen molar-refractivity contribution < 1.29 is 0 Å². The average molecular weight is 235 g/mol.